The lowest BCUT2D eigenvalue weighted by Crippen LogP contribution is -2.19. The number of hydrogen-bond donors (Lipinski definition) is 1. The van der Waals surface area contributed by atoms with Gasteiger partial charge in [0.05, 0.1) is 11.1 Å². The summed E-state index contributed by atoms with van der Waals surface area (Å²) in [6.07, 6.45) is 3.25. The van der Waals surface area contributed by atoms with Crippen LogP contribution in [0.1, 0.15) is 11.1 Å². The van der Waals surface area contributed by atoms with Crippen molar-refractivity contribution in [1.82, 2.24) is 5.32 Å². The number of nitrogens with one attached hydrogen (secondary N) is 1. The average Bonchev–Trinajstić information content (AvgIpc) is 3.23. The Kier molecular flexibility index (Phi) is 5.07. The SMILES string of the molecule is O=C1N/C(=N\N=C\c2ccc3c(c2)OCO3)S/C1=C\c1ccc(Cl)cc1Cl. The molecule has 2 aromatic rings. The van der Waals surface area contributed by atoms with Gasteiger partial charge in [-0.1, -0.05) is 29.3 Å². The number of rotatable bonds is 3. The maximum Gasteiger partial charge on any atom is 0.264 e. The standard InChI is InChI=1S/C18H11Cl2N3O3S/c19-12-3-2-11(13(20)7-12)6-16-17(24)22-18(27-16)23-21-8-10-1-4-14-15(5-10)26-9-25-14/h1-8H,9H2,(H,22,23,24)/b16-6-,21-8+. The molecule has 2 heterocycles. The normalized spacial score (nSPS) is 18.7. The average molecular weight is 420 g/mol. The van der Waals surface area contributed by atoms with Crippen molar-refractivity contribution in [3.05, 3.63) is 62.5 Å². The summed E-state index contributed by atoms with van der Waals surface area (Å²) >= 11 is 13.2. The number of benzene rings is 2. The molecule has 27 heavy (non-hydrogen) atoms. The molecule has 1 saturated heterocycles. The van der Waals surface area contributed by atoms with Crippen molar-refractivity contribution >= 4 is 58.3 Å². The fourth-order valence-electron chi connectivity index (χ4n) is 2.38. The first-order valence-electron chi connectivity index (χ1n) is 7.75. The van der Waals surface area contributed by atoms with Gasteiger partial charge in [0, 0.05) is 10.0 Å². The fraction of sp³-hybridized carbons (Fsp3) is 0.0556. The van der Waals surface area contributed by atoms with Gasteiger partial charge in [0.2, 0.25) is 6.79 Å². The lowest BCUT2D eigenvalue weighted by Gasteiger charge is -1.99. The molecule has 4 rings (SSSR count). The molecule has 0 aliphatic carbocycles. The first-order chi connectivity index (χ1) is 13.1. The quantitative estimate of drug-likeness (QED) is 0.456. The van der Waals surface area contributed by atoms with Crippen molar-refractivity contribution in [2.75, 3.05) is 6.79 Å². The Balaban J connectivity index is 1.47. The summed E-state index contributed by atoms with van der Waals surface area (Å²) in [7, 11) is 0. The molecule has 2 aliphatic heterocycles. The number of ether oxygens (including phenoxy) is 2. The van der Waals surface area contributed by atoms with E-state index in [-0.39, 0.29) is 12.7 Å². The van der Waals surface area contributed by atoms with E-state index in [1.54, 1.807) is 42.6 Å². The van der Waals surface area contributed by atoms with Crippen LogP contribution in [0.15, 0.2) is 51.5 Å². The van der Waals surface area contributed by atoms with E-state index in [2.05, 4.69) is 15.5 Å². The summed E-state index contributed by atoms with van der Waals surface area (Å²) in [6, 6.07) is 10.5. The van der Waals surface area contributed by atoms with E-state index in [1.165, 1.54) is 11.8 Å². The van der Waals surface area contributed by atoms with Crippen LogP contribution in [0.3, 0.4) is 0 Å². The lowest BCUT2D eigenvalue weighted by molar-refractivity contribution is -0.115. The minimum atomic E-state index is -0.261. The van der Waals surface area contributed by atoms with Crippen molar-refractivity contribution in [2.24, 2.45) is 10.2 Å². The number of thioether (sulfide) groups is 1. The summed E-state index contributed by atoms with van der Waals surface area (Å²) in [5.41, 5.74) is 1.51. The molecule has 6 nitrogen and oxygen atoms in total. The molecule has 2 aliphatic rings. The molecule has 0 unspecified atom stereocenters. The largest absolute Gasteiger partial charge is 0.454 e. The van der Waals surface area contributed by atoms with Crippen LogP contribution in [0.4, 0.5) is 0 Å². The molecule has 136 valence electrons. The van der Waals surface area contributed by atoms with Gasteiger partial charge in [0.15, 0.2) is 16.7 Å². The second kappa shape index (κ2) is 7.64. The van der Waals surface area contributed by atoms with Crippen molar-refractivity contribution < 1.29 is 14.3 Å². The smallest absolute Gasteiger partial charge is 0.264 e. The second-order valence-electron chi connectivity index (χ2n) is 5.49. The van der Waals surface area contributed by atoms with Crippen LogP contribution in [-0.2, 0) is 4.79 Å². The molecule has 1 amide bonds. The molecule has 9 heteroatoms. The van der Waals surface area contributed by atoms with Crippen LogP contribution in [0.25, 0.3) is 6.08 Å². The Bertz CT molecular complexity index is 1020. The molecule has 0 bridgehead atoms. The minimum absolute atomic E-state index is 0.216. The van der Waals surface area contributed by atoms with Gasteiger partial charge >= 0.3 is 0 Å². The molecule has 1 N–H and O–H groups in total. The maximum atomic E-state index is 12.1. The Hall–Kier alpha value is -2.48. The predicted molar refractivity (Wildman–Crippen MR) is 108 cm³/mol. The molecular formula is C18H11Cl2N3O3S. The highest BCUT2D eigenvalue weighted by atomic mass is 35.5. The highest BCUT2D eigenvalue weighted by molar-refractivity contribution is 8.18. The second-order valence-corrected chi connectivity index (χ2v) is 7.37. The van der Waals surface area contributed by atoms with Gasteiger partial charge in [0.1, 0.15) is 0 Å². The topological polar surface area (TPSA) is 72.3 Å². The van der Waals surface area contributed by atoms with E-state index >= 15 is 0 Å². The molecule has 0 spiro atoms. The molecule has 0 radical (unpaired) electrons. The van der Waals surface area contributed by atoms with E-state index < -0.39 is 0 Å². The van der Waals surface area contributed by atoms with Crippen molar-refractivity contribution in [3.8, 4) is 11.5 Å². The van der Waals surface area contributed by atoms with Gasteiger partial charge in [-0.15, -0.1) is 5.10 Å². The summed E-state index contributed by atoms with van der Waals surface area (Å²) in [5, 5.41) is 12.1. The number of amides is 1. The van der Waals surface area contributed by atoms with E-state index in [4.69, 9.17) is 32.7 Å². The zero-order chi connectivity index (χ0) is 18.8. The number of hydrogen-bond acceptors (Lipinski definition) is 6. The van der Waals surface area contributed by atoms with Crippen LogP contribution < -0.4 is 14.8 Å². The van der Waals surface area contributed by atoms with Crippen molar-refractivity contribution in [2.45, 2.75) is 0 Å². The van der Waals surface area contributed by atoms with Gasteiger partial charge in [-0.25, -0.2) is 0 Å². The van der Waals surface area contributed by atoms with E-state index in [9.17, 15) is 4.79 Å². The fourth-order valence-corrected chi connectivity index (χ4v) is 3.61. The Morgan fingerprint density at radius 2 is 1.96 bits per heavy atom. The van der Waals surface area contributed by atoms with Crippen molar-refractivity contribution in [1.29, 1.82) is 0 Å². The van der Waals surface area contributed by atoms with Crippen molar-refractivity contribution in [3.63, 3.8) is 0 Å². The van der Waals surface area contributed by atoms with E-state index in [0.29, 0.717) is 37.2 Å². The van der Waals surface area contributed by atoms with Crippen LogP contribution >= 0.6 is 35.0 Å². The lowest BCUT2D eigenvalue weighted by atomic mass is 10.2. The number of fused-ring (bicyclic) bond motifs is 1. The first-order valence-corrected chi connectivity index (χ1v) is 9.32. The van der Waals surface area contributed by atoms with Gasteiger partial charge in [-0.2, -0.15) is 5.10 Å². The minimum Gasteiger partial charge on any atom is -0.454 e. The zero-order valence-electron chi connectivity index (χ0n) is 13.6. The molecule has 2 aromatic carbocycles. The number of carbonyl (C=O) groups is 1. The Morgan fingerprint density at radius 3 is 2.81 bits per heavy atom. The predicted octanol–water partition coefficient (Wildman–Crippen LogP) is 4.32. The highest BCUT2D eigenvalue weighted by Crippen LogP contribution is 2.32. The number of carbonyl (C=O) groups excluding carboxylic acids is 1. The first kappa shape index (κ1) is 17.9. The third-order valence-electron chi connectivity index (χ3n) is 3.65. The molecular weight excluding hydrogens is 409 g/mol. The molecule has 0 aromatic heterocycles. The molecule has 0 saturated carbocycles. The summed E-state index contributed by atoms with van der Waals surface area (Å²) in [5.74, 6) is 1.11. The Morgan fingerprint density at radius 1 is 1.11 bits per heavy atom. The number of nitrogens with zero attached hydrogens (tertiary/aromatic N) is 2. The molecule has 0 atom stereocenters. The third-order valence-corrected chi connectivity index (χ3v) is 5.11. The van der Waals surface area contributed by atoms with Gasteiger partial charge < -0.3 is 9.47 Å². The van der Waals surface area contributed by atoms with E-state index in [1.807, 2.05) is 6.07 Å². The zero-order valence-corrected chi connectivity index (χ0v) is 15.9. The summed E-state index contributed by atoms with van der Waals surface area (Å²) < 4.78 is 10.6. The van der Waals surface area contributed by atoms with Crippen LogP contribution in [0, 0.1) is 0 Å². The van der Waals surface area contributed by atoms with Crippen LogP contribution in [-0.4, -0.2) is 24.1 Å². The summed E-state index contributed by atoms with van der Waals surface area (Å²) in [4.78, 5) is 12.6. The Labute approximate surface area is 168 Å². The molecule has 1 fully saturated rings. The van der Waals surface area contributed by atoms with Gasteiger partial charge in [-0.3, -0.25) is 10.1 Å². The monoisotopic (exact) mass is 419 g/mol. The van der Waals surface area contributed by atoms with Crippen LogP contribution in [0.5, 0.6) is 11.5 Å². The van der Waals surface area contributed by atoms with E-state index in [0.717, 1.165) is 5.56 Å². The van der Waals surface area contributed by atoms with Gasteiger partial charge in [-0.05, 0) is 59.3 Å². The summed E-state index contributed by atoms with van der Waals surface area (Å²) in [6.45, 7) is 0.216. The highest BCUT2D eigenvalue weighted by Gasteiger charge is 2.24. The number of amidine groups is 1. The van der Waals surface area contributed by atoms with Gasteiger partial charge in [0.25, 0.3) is 5.91 Å². The number of halogens is 2. The van der Waals surface area contributed by atoms with Crippen LogP contribution in [0.2, 0.25) is 10.0 Å². The third kappa shape index (κ3) is 4.10. The maximum absolute atomic E-state index is 12.1.